The molecule has 88 valence electrons. The minimum Gasteiger partial charge on any atom is -0.324 e. The van der Waals surface area contributed by atoms with Crippen molar-refractivity contribution in [2.75, 3.05) is 0 Å². The number of hydrogen-bond donors (Lipinski definition) is 1. The van der Waals surface area contributed by atoms with Gasteiger partial charge in [0.05, 0.1) is 12.2 Å². The summed E-state index contributed by atoms with van der Waals surface area (Å²) in [6.07, 6.45) is 0. The molecule has 3 aromatic heterocycles. The first kappa shape index (κ1) is 12.0. The third-order valence-electron chi connectivity index (χ3n) is 2.33. The molecule has 3 rings (SSSR count). The van der Waals surface area contributed by atoms with Crippen LogP contribution < -0.4 is 5.73 Å². The van der Waals surface area contributed by atoms with Crippen molar-refractivity contribution in [1.82, 2.24) is 19.8 Å². The van der Waals surface area contributed by atoms with Gasteiger partial charge in [-0.25, -0.2) is 0 Å². The highest BCUT2D eigenvalue weighted by Gasteiger charge is 2.07. The maximum absolute atomic E-state index is 5.57. The number of nitrogens with two attached hydrogens (primary N) is 1. The molecule has 3 aromatic rings. The van der Waals surface area contributed by atoms with E-state index in [-0.39, 0.29) is 12.4 Å². The van der Waals surface area contributed by atoms with Crippen LogP contribution in [-0.2, 0) is 6.54 Å². The number of thiophene rings is 1. The van der Waals surface area contributed by atoms with E-state index in [1.165, 1.54) is 0 Å². The summed E-state index contributed by atoms with van der Waals surface area (Å²) in [5.41, 5.74) is 8.30. The van der Waals surface area contributed by atoms with Crippen LogP contribution >= 0.6 is 23.7 Å². The Morgan fingerprint density at radius 2 is 2.12 bits per heavy atom. The molecule has 0 unspecified atom stereocenters. The molecule has 0 bridgehead atoms. The molecule has 3 heterocycles. The van der Waals surface area contributed by atoms with Gasteiger partial charge in [-0.05, 0) is 23.6 Å². The summed E-state index contributed by atoms with van der Waals surface area (Å²) in [5.74, 6) is 0.673. The van der Waals surface area contributed by atoms with Gasteiger partial charge in [-0.2, -0.15) is 21.0 Å². The summed E-state index contributed by atoms with van der Waals surface area (Å²) >= 11 is 1.65. The lowest BCUT2D eigenvalue weighted by molar-refractivity contribution is 0.811. The van der Waals surface area contributed by atoms with Crippen molar-refractivity contribution in [2.24, 2.45) is 5.73 Å². The molecule has 0 aliphatic carbocycles. The zero-order valence-electron chi connectivity index (χ0n) is 8.78. The van der Waals surface area contributed by atoms with Crippen molar-refractivity contribution in [2.45, 2.75) is 6.54 Å². The summed E-state index contributed by atoms with van der Waals surface area (Å²) < 4.78 is 1.69. The number of fused-ring (bicyclic) bond motifs is 1. The van der Waals surface area contributed by atoms with Crippen LogP contribution in [0.3, 0.4) is 0 Å². The van der Waals surface area contributed by atoms with Crippen LogP contribution in [-0.4, -0.2) is 19.8 Å². The number of rotatable bonds is 2. The van der Waals surface area contributed by atoms with Crippen LogP contribution in [0.15, 0.2) is 29.0 Å². The van der Waals surface area contributed by atoms with E-state index >= 15 is 0 Å². The van der Waals surface area contributed by atoms with Gasteiger partial charge < -0.3 is 5.73 Å². The van der Waals surface area contributed by atoms with Gasteiger partial charge >= 0.3 is 0 Å². The topological polar surface area (TPSA) is 69.1 Å². The Hall–Kier alpha value is -1.50. The molecule has 0 saturated carbocycles. The Balaban J connectivity index is 0.00000108. The lowest BCUT2D eigenvalue weighted by atomic mass is 10.2. The van der Waals surface area contributed by atoms with Crippen LogP contribution in [0.4, 0.5) is 0 Å². The van der Waals surface area contributed by atoms with Crippen molar-refractivity contribution >= 4 is 29.4 Å². The highest BCUT2D eigenvalue weighted by atomic mass is 35.5. The number of hydrogen-bond acceptors (Lipinski definition) is 5. The van der Waals surface area contributed by atoms with E-state index in [1.54, 1.807) is 15.9 Å². The van der Waals surface area contributed by atoms with Gasteiger partial charge in [-0.15, -0.1) is 22.6 Å². The van der Waals surface area contributed by atoms with E-state index in [4.69, 9.17) is 5.73 Å². The van der Waals surface area contributed by atoms with Gasteiger partial charge in [-0.1, -0.05) is 0 Å². The second-order valence-electron chi connectivity index (χ2n) is 3.32. The van der Waals surface area contributed by atoms with E-state index in [9.17, 15) is 0 Å². The van der Waals surface area contributed by atoms with E-state index < -0.39 is 0 Å². The van der Waals surface area contributed by atoms with Crippen LogP contribution in [0.2, 0.25) is 0 Å². The maximum Gasteiger partial charge on any atom is 0.177 e. The minimum absolute atomic E-state index is 0. The zero-order chi connectivity index (χ0) is 11.0. The summed E-state index contributed by atoms with van der Waals surface area (Å²) in [6, 6.07) is 5.86. The third-order valence-corrected chi connectivity index (χ3v) is 3.01. The lowest BCUT2D eigenvalue weighted by Gasteiger charge is -1.99. The van der Waals surface area contributed by atoms with Crippen LogP contribution in [0.25, 0.3) is 16.9 Å². The fraction of sp³-hybridized carbons (Fsp3) is 0.100. The first-order valence-corrected chi connectivity index (χ1v) is 5.77. The van der Waals surface area contributed by atoms with Crippen LogP contribution in [0.1, 0.15) is 5.82 Å². The fourth-order valence-corrected chi connectivity index (χ4v) is 2.17. The fourth-order valence-electron chi connectivity index (χ4n) is 1.52. The molecule has 0 spiro atoms. The standard InChI is InChI=1S/C10H9N5S.ClH/c11-5-10-13-12-9-2-1-8(14-15(9)10)7-3-4-16-6-7;/h1-4,6H,5,11H2;1H. The molecule has 5 nitrogen and oxygen atoms in total. The van der Waals surface area contributed by atoms with E-state index in [2.05, 4.69) is 20.7 Å². The molecule has 17 heavy (non-hydrogen) atoms. The summed E-state index contributed by atoms with van der Waals surface area (Å²) in [5, 5.41) is 16.5. The van der Waals surface area contributed by atoms with Crippen molar-refractivity contribution in [3.63, 3.8) is 0 Å². The molecule has 0 aliphatic rings. The first-order chi connectivity index (χ1) is 7.88. The molecule has 0 aromatic carbocycles. The minimum atomic E-state index is 0. The number of halogens is 1. The molecule has 0 saturated heterocycles. The Bertz CT molecular complexity index is 619. The molecule has 0 atom stereocenters. The van der Waals surface area contributed by atoms with Gasteiger partial charge in [0.1, 0.15) is 0 Å². The number of aromatic nitrogens is 4. The van der Waals surface area contributed by atoms with Gasteiger partial charge in [0, 0.05) is 10.9 Å². The molecule has 0 radical (unpaired) electrons. The van der Waals surface area contributed by atoms with Gasteiger partial charge in [0.25, 0.3) is 0 Å². The van der Waals surface area contributed by atoms with Gasteiger partial charge in [-0.3, -0.25) is 0 Å². The molecule has 0 amide bonds. The Morgan fingerprint density at radius 3 is 2.82 bits per heavy atom. The predicted octanol–water partition coefficient (Wildman–Crippen LogP) is 1.73. The molecule has 0 aliphatic heterocycles. The normalized spacial score (nSPS) is 10.4. The zero-order valence-corrected chi connectivity index (χ0v) is 10.4. The Labute approximate surface area is 108 Å². The average Bonchev–Trinajstić information content (AvgIpc) is 2.97. The molecular weight excluding hydrogens is 258 g/mol. The van der Waals surface area contributed by atoms with Crippen molar-refractivity contribution in [3.8, 4) is 11.3 Å². The molecule has 2 N–H and O–H groups in total. The lowest BCUT2D eigenvalue weighted by Crippen LogP contribution is -2.05. The highest BCUT2D eigenvalue weighted by molar-refractivity contribution is 7.08. The van der Waals surface area contributed by atoms with Crippen LogP contribution in [0.5, 0.6) is 0 Å². The Kier molecular flexibility index (Phi) is 3.37. The molecule has 0 fully saturated rings. The first-order valence-electron chi connectivity index (χ1n) is 4.82. The SMILES string of the molecule is Cl.NCc1nnc2ccc(-c3ccsc3)nn12. The number of nitrogens with zero attached hydrogens (tertiary/aromatic N) is 4. The third kappa shape index (κ3) is 2.02. The highest BCUT2D eigenvalue weighted by Crippen LogP contribution is 2.19. The van der Waals surface area contributed by atoms with Crippen molar-refractivity contribution in [1.29, 1.82) is 0 Å². The van der Waals surface area contributed by atoms with Gasteiger partial charge in [0.15, 0.2) is 11.5 Å². The van der Waals surface area contributed by atoms with Gasteiger partial charge in [0.2, 0.25) is 0 Å². The second kappa shape index (κ2) is 4.79. The molecule has 7 heteroatoms. The van der Waals surface area contributed by atoms with E-state index in [0.717, 1.165) is 16.9 Å². The second-order valence-corrected chi connectivity index (χ2v) is 4.10. The predicted molar refractivity (Wildman–Crippen MR) is 69.2 cm³/mol. The monoisotopic (exact) mass is 267 g/mol. The summed E-state index contributed by atoms with van der Waals surface area (Å²) in [7, 11) is 0. The smallest absolute Gasteiger partial charge is 0.177 e. The van der Waals surface area contributed by atoms with E-state index in [0.29, 0.717) is 12.4 Å². The van der Waals surface area contributed by atoms with Crippen LogP contribution in [0, 0.1) is 0 Å². The summed E-state index contributed by atoms with van der Waals surface area (Å²) in [6.45, 7) is 0.335. The largest absolute Gasteiger partial charge is 0.324 e. The summed E-state index contributed by atoms with van der Waals surface area (Å²) in [4.78, 5) is 0. The quantitative estimate of drug-likeness (QED) is 0.768. The average molecular weight is 268 g/mol. The Morgan fingerprint density at radius 1 is 1.24 bits per heavy atom. The van der Waals surface area contributed by atoms with E-state index in [1.807, 2.05) is 23.6 Å². The molecular formula is C10H10ClN5S. The van der Waals surface area contributed by atoms with Crippen molar-refractivity contribution < 1.29 is 0 Å². The maximum atomic E-state index is 5.57. The van der Waals surface area contributed by atoms with Crippen molar-refractivity contribution in [3.05, 3.63) is 34.8 Å².